The van der Waals surface area contributed by atoms with Gasteiger partial charge < -0.3 is 19.8 Å². The first-order valence-electron chi connectivity index (χ1n) is 6.00. The molecule has 0 aromatic carbocycles. The SMILES string of the molecule is CC(C)(C)OC(=O)N1CCC[C@@](C)(O)[C@H]1CO. The molecule has 0 bridgehead atoms. The lowest BCUT2D eigenvalue weighted by Gasteiger charge is -2.44. The molecule has 2 N–H and O–H groups in total. The van der Waals surface area contributed by atoms with Crippen LogP contribution in [0.3, 0.4) is 0 Å². The fourth-order valence-corrected chi connectivity index (χ4v) is 2.10. The summed E-state index contributed by atoms with van der Waals surface area (Å²) >= 11 is 0. The highest BCUT2D eigenvalue weighted by atomic mass is 16.6. The van der Waals surface area contributed by atoms with Crippen LogP contribution in [0.15, 0.2) is 0 Å². The van der Waals surface area contributed by atoms with Crippen LogP contribution in [-0.4, -0.2) is 51.6 Å². The van der Waals surface area contributed by atoms with Crippen molar-refractivity contribution in [1.82, 2.24) is 4.90 Å². The third kappa shape index (κ3) is 3.57. The number of likely N-dealkylation sites (tertiary alicyclic amines) is 1. The number of piperidine rings is 1. The molecule has 2 atom stereocenters. The summed E-state index contributed by atoms with van der Waals surface area (Å²) < 4.78 is 5.27. The van der Waals surface area contributed by atoms with Gasteiger partial charge in [0.25, 0.3) is 0 Å². The van der Waals surface area contributed by atoms with Gasteiger partial charge in [-0.1, -0.05) is 0 Å². The molecule has 0 radical (unpaired) electrons. The van der Waals surface area contributed by atoms with Crippen molar-refractivity contribution in [3.05, 3.63) is 0 Å². The molecule has 0 spiro atoms. The predicted octanol–water partition coefficient (Wildman–Crippen LogP) is 1.13. The molecule has 0 aliphatic carbocycles. The Kier molecular flexibility index (Phi) is 4.04. The van der Waals surface area contributed by atoms with Gasteiger partial charge in [-0.3, -0.25) is 0 Å². The Hall–Kier alpha value is -0.810. The van der Waals surface area contributed by atoms with Crippen molar-refractivity contribution in [3.63, 3.8) is 0 Å². The van der Waals surface area contributed by atoms with E-state index in [0.717, 1.165) is 0 Å². The summed E-state index contributed by atoms with van der Waals surface area (Å²) in [5.41, 5.74) is -1.62. The molecule has 5 nitrogen and oxygen atoms in total. The van der Waals surface area contributed by atoms with Crippen LogP contribution in [0.4, 0.5) is 4.79 Å². The van der Waals surface area contributed by atoms with Crippen LogP contribution < -0.4 is 0 Å². The molecule has 0 aromatic rings. The largest absolute Gasteiger partial charge is 0.444 e. The van der Waals surface area contributed by atoms with E-state index >= 15 is 0 Å². The van der Waals surface area contributed by atoms with E-state index in [2.05, 4.69) is 0 Å². The number of nitrogens with zero attached hydrogens (tertiary/aromatic N) is 1. The molecule has 5 heteroatoms. The lowest BCUT2D eigenvalue weighted by molar-refractivity contribution is -0.0877. The molecular weight excluding hydrogens is 222 g/mol. The van der Waals surface area contributed by atoms with Gasteiger partial charge in [0.05, 0.1) is 18.2 Å². The monoisotopic (exact) mass is 245 g/mol. The Balaban J connectivity index is 2.78. The first-order valence-corrected chi connectivity index (χ1v) is 6.00. The zero-order valence-corrected chi connectivity index (χ0v) is 11.1. The Bertz CT molecular complexity index is 283. The average Bonchev–Trinajstić information content (AvgIpc) is 2.13. The number of ether oxygens (including phenoxy) is 1. The van der Waals surface area contributed by atoms with Gasteiger partial charge in [-0.05, 0) is 40.5 Å². The van der Waals surface area contributed by atoms with Crippen LogP contribution in [0.5, 0.6) is 0 Å². The normalized spacial score (nSPS) is 30.2. The summed E-state index contributed by atoms with van der Waals surface area (Å²) in [5, 5.41) is 19.5. The zero-order valence-electron chi connectivity index (χ0n) is 11.1. The molecular formula is C12H23NO4. The van der Waals surface area contributed by atoms with Gasteiger partial charge in [-0.2, -0.15) is 0 Å². The fraction of sp³-hybridized carbons (Fsp3) is 0.917. The average molecular weight is 245 g/mol. The van der Waals surface area contributed by atoms with E-state index in [1.165, 1.54) is 4.90 Å². The third-order valence-corrected chi connectivity index (χ3v) is 2.98. The van der Waals surface area contributed by atoms with Crippen LogP contribution in [0.25, 0.3) is 0 Å². The Morgan fingerprint density at radius 3 is 2.59 bits per heavy atom. The molecule has 0 saturated carbocycles. The molecule has 0 aromatic heterocycles. The van der Waals surface area contributed by atoms with E-state index in [1.54, 1.807) is 27.7 Å². The van der Waals surface area contributed by atoms with Gasteiger partial charge in [0, 0.05) is 6.54 Å². The van der Waals surface area contributed by atoms with E-state index in [4.69, 9.17) is 4.74 Å². The Morgan fingerprint density at radius 1 is 1.53 bits per heavy atom. The van der Waals surface area contributed by atoms with Crippen molar-refractivity contribution in [2.45, 2.75) is 57.8 Å². The van der Waals surface area contributed by atoms with E-state index in [9.17, 15) is 15.0 Å². The van der Waals surface area contributed by atoms with Crippen LogP contribution >= 0.6 is 0 Å². The highest BCUT2D eigenvalue weighted by Gasteiger charge is 2.42. The lowest BCUT2D eigenvalue weighted by atomic mass is 9.87. The maximum Gasteiger partial charge on any atom is 0.410 e. The molecule has 1 rings (SSSR count). The maximum atomic E-state index is 12.0. The minimum atomic E-state index is -1.05. The topological polar surface area (TPSA) is 70.0 Å². The molecule has 1 saturated heterocycles. The highest BCUT2D eigenvalue weighted by molar-refractivity contribution is 5.69. The lowest BCUT2D eigenvalue weighted by Crippen LogP contribution is -2.59. The van der Waals surface area contributed by atoms with Gasteiger partial charge in [-0.25, -0.2) is 4.79 Å². The second kappa shape index (κ2) is 4.82. The van der Waals surface area contributed by atoms with Gasteiger partial charge in [-0.15, -0.1) is 0 Å². The van der Waals surface area contributed by atoms with Gasteiger partial charge in [0.1, 0.15) is 5.60 Å². The number of carbonyl (C=O) groups excluding carboxylic acids is 1. The Labute approximate surface area is 102 Å². The van der Waals surface area contributed by atoms with Crippen molar-refractivity contribution >= 4 is 6.09 Å². The summed E-state index contributed by atoms with van der Waals surface area (Å²) in [6.45, 7) is 7.27. The summed E-state index contributed by atoms with van der Waals surface area (Å²) in [5.74, 6) is 0. The molecule has 100 valence electrons. The van der Waals surface area contributed by atoms with Gasteiger partial charge in [0.15, 0.2) is 0 Å². The molecule has 1 amide bonds. The predicted molar refractivity (Wildman–Crippen MR) is 63.7 cm³/mol. The zero-order chi connectivity index (χ0) is 13.3. The summed E-state index contributed by atoms with van der Waals surface area (Å²) in [7, 11) is 0. The molecule has 1 heterocycles. The van der Waals surface area contributed by atoms with E-state index in [-0.39, 0.29) is 6.61 Å². The third-order valence-electron chi connectivity index (χ3n) is 2.98. The van der Waals surface area contributed by atoms with Crippen molar-refractivity contribution in [3.8, 4) is 0 Å². The maximum absolute atomic E-state index is 12.0. The number of aliphatic hydroxyl groups excluding tert-OH is 1. The molecule has 0 unspecified atom stereocenters. The number of hydrogen-bond acceptors (Lipinski definition) is 4. The summed E-state index contributed by atoms with van der Waals surface area (Å²) in [6.07, 6.45) is 0.816. The summed E-state index contributed by atoms with van der Waals surface area (Å²) in [4.78, 5) is 13.4. The van der Waals surface area contributed by atoms with Crippen molar-refractivity contribution in [2.24, 2.45) is 0 Å². The number of amides is 1. The number of aliphatic hydroxyl groups is 2. The quantitative estimate of drug-likeness (QED) is 0.726. The van der Waals surface area contributed by atoms with E-state index in [0.29, 0.717) is 19.4 Å². The standard InChI is InChI=1S/C12H23NO4/c1-11(2,3)17-10(15)13-7-5-6-12(4,16)9(13)8-14/h9,14,16H,5-8H2,1-4H3/t9-,12-/m1/s1. The van der Waals surface area contributed by atoms with E-state index < -0.39 is 23.3 Å². The van der Waals surface area contributed by atoms with Crippen molar-refractivity contribution < 1.29 is 19.7 Å². The summed E-state index contributed by atoms with van der Waals surface area (Å²) in [6, 6.07) is -0.592. The highest BCUT2D eigenvalue weighted by Crippen LogP contribution is 2.28. The van der Waals surface area contributed by atoms with Gasteiger partial charge in [0.2, 0.25) is 0 Å². The first kappa shape index (κ1) is 14.3. The molecule has 1 aliphatic heterocycles. The number of hydrogen-bond donors (Lipinski definition) is 2. The van der Waals surface area contributed by atoms with Crippen LogP contribution in [0.2, 0.25) is 0 Å². The van der Waals surface area contributed by atoms with Crippen LogP contribution in [0, 0.1) is 0 Å². The van der Waals surface area contributed by atoms with E-state index in [1.807, 2.05) is 0 Å². The minimum absolute atomic E-state index is 0.258. The van der Waals surface area contributed by atoms with Crippen molar-refractivity contribution in [2.75, 3.05) is 13.2 Å². The molecule has 1 aliphatic rings. The van der Waals surface area contributed by atoms with Crippen LogP contribution in [0.1, 0.15) is 40.5 Å². The second-order valence-corrected chi connectivity index (χ2v) is 5.83. The second-order valence-electron chi connectivity index (χ2n) is 5.83. The minimum Gasteiger partial charge on any atom is -0.444 e. The molecule has 17 heavy (non-hydrogen) atoms. The Morgan fingerprint density at radius 2 is 2.12 bits per heavy atom. The number of rotatable bonds is 1. The number of carbonyl (C=O) groups is 1. The smallest absolute Gasteiger partial charge is 0.410 e. The van der Waals surface area contributed by atoms with Crippen LogP contribution in [-0.2, 0) is 4.74 Å². The first-order chi connectivity index (χ1) is 7.67. The van der Waals surface area contributed by atoms with Crippen molar-refractivity contribution in [1.29, 1.82) is 0 Å². The fourth-order valence-electron chi connectivity index (χ4n) is 2.10. The van der Waals surface area contributed by atoms with Gasteiger partial charge >= 0.3 is 6.09 Å². The molecule has 1 fully saturated rings.